The zero-order valence-corrected chi connectivity index (χ0v) is 10.7. The van der Waals surface area contributed by atoms with E-state index >= 15 is 0 Å². The molecule has 0 aliphatic heterocycles. The number of aryl methyl sites for hydroxylation is 1. The monoisotopic (exact) mass is 263 g/mol. The van der Waals surface area contributed by atoms with Crippen molar-refractivity contribution in [2.45, 2.75) is 13.3 Å². The molecular formula is C13H13NO3S. The lowest BCUT2D eigenvalue weighted by atomic mass is 10.3. The molecule has 5 heteroatoms. The number of carboxylic acid groups (broad SMARTS) is 1. The summed E-state index contributed by atoms with van der Waals surface area (Å²) in [7, 11) is 0. The van der Waals surface area contributed by atoms with Crippen molar-refractivity contribution in [3.8, 4) is 5.75 Å². The molecule has 1 aromatic heterocycles. The van der Waals surface area contributed by atoms with Gasteiger partial charge in [0.1, 0.15) is 10.6 Å². The van der Waals surface area contributed by atoms with Crippen LogP contribution in [0.5, 0.6) is 5.75 Å². The number of benzene rings is 1. The van der Waals surface area contributed by atoms with Crippen LogP contribution in [0.25, 0.3) is 0 Å². The van der Waals surface area contributed by atoms with Gasteiger partial charge in [-0.25, -0.2) is 9.78 Å². The van der Waals surface area contributed by atoms with Crippen LogP contribution in [-0.4, -0.2) is 22.7 Å². The minimum Gasteiger partial charge on any atom is -0.493 e. The summed E-state index contributed by atoms with van der Waals surface area (Å²) in [5.41, 5.74) is 0.571. The molecule has 2 aromatic rings. The normalized spacial score (nSPS) is 10.3. The summed E-state index contributed by atoms with van der Waals surface area (Å²) in [6.45, 7) is 2.21. The molecule has 0 fully saturated rings. The molecule has 0 atom stereocenters. The van der Waals surface area contributed by atoms with E-state index in [-0.39, 0.29) is 0 Å². The van der Waals surface area contributed by atoms with Crippen molar-refractivity contribution in [2.24, 2.45) is 0 Å². The maximum atomic E-state index is 10.9. The van der Waals surface area contributed by atoms with Crippen LogP contribution in [-0.2, 0) is 6.42 Å². The van der Waals surface area contributed by atoms with Crippen LogP contribution in [0.1, 0.15) is 20.4 Å². The summed E-state index contributed by atoms with van der Waals surface area (Å²) in [6.07, 6.45) is 0.619. The van der Waals surface area contributed by atoms with Gasteiger partial charge in [-0.05, 0) is 19.1 Å². The van der Waals surface area contributed by atoms with Gasteiger partial charge in [-0.1, -0.05) is 18.2 Å². The van der Waals surface area contributed by atoms with E-state index < -0.39 is 5.97 Å². The van der Waals surface area contributed by atoms with Crippen molar-refractivity contribution < 1.29 is 14.6 Å². The van der Waals surface area contributed by atoms with E-state index in [2.05, 4.69) is 4.98 Å². The first-order valence-corrected chi connectivity index (χ1v) is 6.36. The number of thiazole rings is 1. The maximum Gasteiger partial charge on any atom is 0.347 e. The lowest BCUT2D eigenvalue weighted by Gasteiger charge is -2.03. The molecule has 4 nitrogen and oxygen atoms in total. The van der Waals surface area contributed by atoms with E-state index in [1.54, 1.807) is 6.92 Å². The highest BCUT2D eigenvalue weighted by molar-refractivity contribution is 7.13. The molecule has 18 heavy (non-hydrogen) atoms. The Balaban J connectivity index is 1.91. The first kappa shape index (κ1) is 12.6. The predicted octanol–water partition coefficient (Wildman–Crippen LogP) is 2.77. The van der Waals surface area contributed by atoms with Gasteiger partial charge >= 0.3 is 5.97 Å². The largest absolute Gasteiger partial charge is 0.493 e. The highest BCUT2D eigenvalue weighted by atomic mass is 32.1. The number of nitrogens with zero attached hydrogens (tertiary/aromatic N) is 1. The first-order valence-electron chi connectivity index (χ1n) is 5.54. The molecule has 1 aromatic carbocycles. The zero-order valence-electron chi connectivity index (χ0n) is 9.92. The third-order valence-corrected chi connectivity index (χ3v) is 3.57. The van der Waals surface area contributed by atoms with Gasteiger partial charge in [-0.2, -0.15) is 0 Å². The van der Waals surface area contributed by atoms with Crippen molar-refractivity contribution in [1.29, 1.82) is 0 Å². The standard InChI is InChI=1S/C13H13NO3S/c1-9-12(13(15)16)18-11(14-9)7-8-17-10-5-3-2-4-6-10/h2-6H,7-8H2,1H3,(H,15,16). The number of carbonyl (C=O) groups is 1. The summed E-state index contributed by atoms with van der Waals surface area (Å²) >= 11 is 1.21. The summed E-state index contributed by atoms with van der Waals surface area (Å²) in [6, 6.07) is 9.51. The summed E-state index contributed by atoms with van der Waals surface area (Å²) in [5.74, 6) is -0.107. The Labute approximate surface area is 109 Å². The third kappa shape index (κ3) is 3.07. The number of aromatic carboxylic acids is 1. The number of para-hydroxylation sites is 1. The smallest absolute Gasteiger partial charge is 0.347 e. The molecule has 0 aliphatic carbocycles. The number of ether oxygens (including phenoxy) is 1. The van der Waals surface area contributed by atoms with Gasteiger partial charge in [0.25, 0.3) is 0 Å². The first-order chi connectivity index (χ1) is 8.66. The molecule has 1 heterocycles. The number of carboxylic acids is 1. The third-order valence-electron chi connectivity index (χ3n) is 2.36. The van der Waals surface area contributed by atoms with Gasteiger partial charge in [0.05, 0.1) is 17.3 Å². The van der Waals surface area contributed by atoms with E-state index in [1.165, 1.54) is 11.3 Å². The highest BCUT2D eigenvalue weighted by Crippen LogP contribution is 2.18. The number of hydrogen-bond donors (Lipinski definition) is 1. The van der Waals surface area contributed by atoms with Gasteiger partial charge in [0.15, 0.2) is 0 Å². The summed E-state index contributed by atoms with van der Waals surface area (Å²) in [4.78, 5) is 15.4. The second-order valence-electron chi connectivity index (χ2n) is 3.74. The SMILES string of the molecule is Cc1nc(CCOc2ccccc2)sc1C(=O)O. The fourth-order valence-electron chi connectivity index (χ4n) is 1.53. The molecule has 0 spiro atoms. The average molecular weight is 263 g/mol. The Morgan fingerprint density at radius 2 is 2.11 bits per heavy atom. The molecule has 0 unspecified atom stereocenters. The number of rotatable bonds is 5. The summed E-state index contributed by atoms with van der Waals surface area (Å²) in [5, 5.41) is 9.71. The van der Waals surface area contributed by atoms with E-state index in [0.29, 0.717) is 23.6 Å². The highest BCUT2D eigenvalue weighted by Gasteiger charge is 2.13. The van der Waals surface area contributed by atoms with Crippen LogP contribution in [0, 0.1) is 6.92 Å². The van der Waals surface area contributed by atoms with Crippen LogP contribution in [0.4, 0.5) is 0 Å². The second-order valence-corrected chi connectivity index (χ2v) is 4.82. The van der Waals surface area contributed by atoms with Crippen molar-refractivity contribution in [1.82, 2.24) is 4.98 Å². The lowest BCUT2D eigenvalue weighted by molar-refractivity contribution is 0.0701. The molecule has 0 bridgehead atoms. The summed E-state index contributed by atoms with van der Waals surface area (Å²) < 4.78 is 5.54. The Morgan fingerprint density at radius 3 is 2.72 bits per heavy atom. The molecule has 1 N–H and O–H groups in total. The molecule has 94 valence electrons. The lowest BCUT2D eigenvalue weighted by Crippen LogP contribution is -2.00. The number of hydrogen-bond acceptors (Lipinski definition) is 4. The molecule has 0 saturated heterocycles. The second kappa shape index (κ2) is 5.64. The predicted molar refractivity (Wildman–Crippen MR) is 69.5 cm³/mol. The maximum absolute atomic E-state index is 10.9. The van der Waals surface area contributed by atoms with Crippen LogP contribution >= 0.6 is 11.3 Å². The van der Waals surface area contributed by atoms with Crippen LogP contribution in [0.2, 0.25) is 0 Å². The molecule has 2 rings (SSSR count). The molecule has 0 amide bonds. The number of aromatic nitrogens is 1. The van der Waals surface area contributed by atoms with Crippen molar-refractivity contribution in [3.05, 3.63) is 45.9 Å². The van der Waals surface area contributed by atoms with Crippen LogP contribution in [0.3, 0.4) is 0 Å². The quantitative estimate of drug-likeness (QED) is 0.901. The molecular weight excluding hydrogens is 250 g/mol. The van der Waals surface area contributed by atoms with E-state index in [0.717, 1.165) is 10.8 Å². The van der Waals surface area contributed by atoms with Crippen molar-refractivity contribution >= 4 is 17.3 Å². The Morgan fingerprint density at radius 1 is 1.39 bits per heavy atom. The topological polar surface area (TPSA) is 59.4 Å². The van der Waals surface area contributed by atoms with Gasteiger partial charge in [-0.3, -0.25) is 0 Å². The minimum atomic E-state index is -0.916. The Bertz CT molecular complexity index is 536. The Hall–Kier alpha value is -1.88. The van der Waals surface area contributed by atoms with Crippen molar-refractivity contribution in [2.75, 3.05) is 6.61 Å². The molecule has 0 saturated carbocycles. The van der Waals surface area contributed by atoms with Gasteiger partial charge < -0.3 is 9.84 Å². The Kier molecular flexibility index (Phi) is 3.94. The fourth-order valence-corrected chi connectivity index (χ4v) is 2.41. The van der Waals surface area contributed by atoms with E-state index in [4.69, 9.17) is 9.84 Å². The fraction of sp³-hybridized carbons (Fsp3) is 0.231. The van der Waals surface area contributed by atoms with E-state index in [1.807, 2.05) is 30.3 Å². The zero-order chi connectivity index (χ0) is 13.0. The van der Waals surface area contributed by atoms with Gasteiger partial charge in [0, 0.05) is 6.42 Å². The van der Waals surface area contributed by atoms with E-state index in [9.17, 15) is 4.79 Å². The van der Waals surface area contributed by atoms with Gasteiger partial charge in [-0.15, -0.1) is 11.3 Å². The van der Waals surface area contributed by atoms with Gasteiger partial charge in [0.2, 0.25) is 0 Å². The molecule has 0 radical (unpaired) electrons. The molecule has 0 aliphatic rings. The van der Waals surface area contributed by atoms with Crippen LogP contribution in [0.15, 0.2) is 30.3 Å². The minimum absolute atomic E-state index is 0.310. The van der Waals surface area contributed by atoms with Crippen LogP contribution < -0.4 is 4.74 Å². The average Bonchev–Trinajstić information content (AvgIpc) is 2.72. The van der Waals surface area contributed by atoms with Crippen molar-refractivity contribution in [3.63, 3.8) is 0 Å².